The summed E-state index contributed by atoms with van der Waals surface area (Å²) in [6.07, 6.45) is 14.6. The normalized spacial score (nSPS) is 36.2. The molecule has 2 rings (SSSR count). The molecular formula is C14H27N. The van der Waals surface area contributed by atoms with Gasteiger partial charge in [-0.15, -0.1) is 0 Å². The van der Waals surface area contributed by atoms with E-state index < -0.39 is 0 Å². The summed E-state index contributed by atoms with van der Waals surface area (Å²) in [5.41, 5.74) is 0.714. The minimum atomic E-state index is 0.714. The minimum Gasteiger partial charge on any atom is -0.313 e. The highest BCUT2D eigenvalue weighted by atomic mass is 14.9. The van der Waals surface area contributed by atoms with Gasteiger partial charge in [0.05, 0.1) is 0 Å². The summed E-state index contributed by atoms with van der Waals surface area (Å²) in [6, 6.07) is 0.872. The second kappa shape index (κ2) is 5.34. The maximum Gasteiger partial charge on any atom is 0.0123 e. The van der Waals surface area contributed by atoms with Gasteiger partial charge in [0.15, 0.2) is 0 Å². The second-order valence-corrected chi connectivity index (χ2v) is 5.68. The van der Waals surface area contributed by atoms with Crippen LogP contribution >= 0.6 is 0 Å². The van der Waals surface area contributed by atoms with Gasteiger partial charge in [0.25, 0.3) is 0 Å². The number of fused-ring (bicyclic) bond motifs is 1. The van der Waals surface area contributed by atoms with Gasteiger partial charge in [-0.3, -0.25) is 0 Å². The maximum absolute atomic E-state index is 3.79. The lowest BCUT2D eigenvalue weighted by Gasteiger charge is -2.48. The quantitative estimate of drug-likeness (QED) is 0.693. The average Bonchev–Trinajstić information content (AvgIpc) is 2.29. The third kappa shape index (κ3) is 2.55. The Hall–Kier alpha value is -0.0400. The topological polar surface area (TPSA) is 12.0 Å². The predicted octanol–water partition coefficient (Wildman–Crippen LogP) is 3.88. The lowest BCUT2D eigenvalue weighted by Crippen LogP contribution is -2.51. The third-order valence-corrected chi connectivity index (χ3v) is 4.68. The van der Waals surface area contributed by atoms with Crippen molar-refractivity contribution in [3.63, 3.8) is 0 Å². The van der Waals surface area contributed by atoms with Gasteiger partial charge in [0.1, 0.15) is 0 Å². The Kier molecular flexibility index (Phi) is 4.07. The maximum atomic E-state index is 3.79. The Morgan fingerprint density at radius 2 is 2.00 bits per heavy atom. The van der Waals surface area contributed by atoms with Gasteiger partial charge in [0.2, 0.25) is 0 Å². The molecule has 1 heteroatoms. The van der Waals surface area contributed by atoms with E-state index in [2.05, 4.69) is 12.2 Å². The monoisotopic (exact) mass is 209 g/mol. The van der Waals surface area contributed by atoms with Gasteiger partial charge in [0, 0.05) is 6.04 Å². The van der Waals surface area contributed by atoms with Gasteiger partial charge >= 0.3 is 0 Å². The molecule has 0 aromatic heterocycles. The summed E-state index contributed by atoms with van der Waals surface area (Å²) in [5, 5.41) is 3.79. The number of piperidine rings is 1. The molecule has 0 bridgehead atoms. The van der Waals surface area contributed by atoms with Crippen molar-refractivity contribution in [2.24, 2.45) is 5.41 Å². The van der Waals surface area contributed by atoms with Gasteiger partial charge in [-0.05, 0) is 44.1 Å². The van der Waals surface area contributed by atoms with Crippen LogP contribution in [0.15, 0.2) is 0 Å². The molecule has 1 aliphatic heterocycles. The molecule has 1 heterocycles. The van der Waals surface area contributed by atoms with Crippen LogP contribution in [0.3, 0.4) is 0 Å². The first-order valence-electron chi connectivity index (χ1n) is 7.11. The lowest BCUT2D eigenvalue weighted by molar-refractivity contribution is 0.0696. The highest BCUT2D eigenvalue weighted by Gasteiger charge is 2.41. The van der Waals surface area contributed by atoms with Gasteiger partial charge in [-0.25, -0.2) is 0 Å². The fourth-order valence-corrected chi connectivity index (χ4v) is 3.79. The van der Waals surface area contributed by atoms with Crippen LogP contribution in [0.4, 0.5) is 0 Å². The van der Waals surface area contributed by atoms with Gasteiger partial charge in [-0.2, -0.15) is 0 Å². The Balaban J connectivity index is 1.92. The number of rotatable bonds is 4. The van der Waals surface area contributed by atoms with Crippen molar-refractivity contribution >= 4 is 0 Å². The molecule has 88 valence electrons. The summed E-state index contributed by atoms with van der Waals surface area (Å²) >= 11 is 0. The summed E-state index contributed by atoms with van der Waals surface area (Å²) in [7, 11) is 0. The zero-order valence-electron chi connectivity index (χ0n) is 10.4. The minimum absolute atomic E-state index is 0.714. The smallest absolute Gasteiger partial charge is 0.0123 e. The highest BCUT2D eigenvalue weighted by molar-refractivity contribution is 4.96. The third-order valence-electron chi connectivity index (χ3n) is 4.68. The largest absolute Gasteiger partial charge is 0.313 e. The molecule has 0 aromatic carbocycles. The van der Waals surface area contributed by atoms with E-state index in [9.17, 15) is 0 Å². The first-order valence-corrected chi connectivity index (χ1v) is 7.11. The highest BCUT2D eigenvalue weighted by Crippen LogP contribution is 2.46. The fraction of sp³-hybridized carbons (Fsp3) is 1.00. The van der Waals surface area contributed by atoms with Crippen molar-refractivity contribution in [2.75, 3.05) is 6.54 Å². The summed E-state index contributed by atoms with van der Waals surface area (Å²) in [5.74, 6) is 0. The van der Waals surface area contributed by atoms with Crippen LogP contribution in [0.1, 0.15) is 71.1 Å². The zero-order chi connectivity index (χ0) is 10.6. The molecule has 0 spiro atoms. The fourth-order valence-electron chi connectivity index (χ4n) is 3.79. The molecule has 2 unspecified atom stereocenters. The van der Waals surface area contributed by atoms with Crippen molar-refractivity contribution in [1.82, 2.24) is 5.32 Å². The standard InChI is InChI=1S/C14H27N/c1-2-3-5-9-14-10-6-4-8-13(14)15-12-7-11-14/h13,15H,2-12H2,1H3. The molecule has 15 heavy (non-hydrogen) atoms. The van der Waals surface area contributed by atoms with E-state index >= 15 is 0 Å². The van der Waals surface area contributed by atoms with E-state index in [1.807, 2.05) is 0 Å². The average molecular weight is 209 g/mol. The molecule has 0 amide bonds. The van der Waals surface area contributed by atoms with Crippen LogP contribution in [0.5, 0.6) is 0 Å². The molecular weight excluding hydrogens is 182 g/mol. The van der Waals surface area contributed by atoms with Crippen LogP contribution in [0.25, 0.3) is 0 Å². The summed E-state index contributed by atoms with van der Waals surface area (Å²) < 4.78 is 0. The van der Waals surface area contributed by atoms with E-state index in [1.165, 1.54) is 70.8 Å². The van der Waals surface area contributed by atoms with Crippen molar-refractivity contribution < 1.29 is 0 Å². The van der Waals surface area contributed by atoms with E-state index in [0.29, 0.717) is 5.41 Å². The van der Waals surface area contributed by atoms with Crippen LogP contribution in [0, 0.1) is 5.41 Å². The predicted molar refractivity (Wildman–Crippen MR) is 66.1 cm³/mol. The van der Waals surface area contributed by atoms with Crippen molar-refractivity contribution in [1.29, 1.82) is 0 Å². The van der Waals surface area contributed by atoms with Crippen molar-refractivity contribution in [3.8, 4) is 0 Å². The second-order valence-electron chi connectivity index (χ2n) is 5.68. The summed E-state index contributed by atoms with van der Waals surface area (Å²) in [4.78, 5) is 0. The molecule has 1 N–H and O–H groups in total. The molecule has 0 radical (unpaired) electrons. The molecule has 0 aromatic rings. The van der Waals surface area contributed by atoms with E-state index in [-0.39, 0.29) is 0 Å². The Morgan fingerprint density at radius 3 is 2.87 bits per heavy atom. The SMILES string of the molecule is CCCCCC12CCCCC1NCCC2. The molecule has 1 nitrogen and oxygen atoms in total. The number of hydrogen-bond donors (Lipinski definition) is 1. The zero-order valence-corrected chi connectivity index (χ0v) is 10.4. The van der Waals surface area contributed by atoms with Crippen molar-refractivity contribution in [3.05, 3.63) is 0 Å². The number of nitrogens with one attached hydrogen (secondary N) is 1. The molecule has 1 aliphatic carbocycles. The molecule has 1 saturated heterocycles. The molecule has 1 saturated carbocycles. The Labute approximate surface area is 95.0 Å². The molecule has 2 atom stereocenters. The number of hydrogen-bond acceptors (Lipinski definition) is 1. The van der Waals surface area contributed by atoms with Crippen molar-refractivity contribution in [2.45, 2.75) is 77.2 Å². The number of unbranched alkanes of at least 4 members (excludes halogenated alkanes) is 2. The first-order chi connectivity index (χ1) is 7.37. The first kappa shape index (κ1) is 11.4. The van der Waals surface area contributed by atoms with Crippen LogP contribution < -0.4 is 5.32 Å². The molecule has 2 fully saturated rings. The summed E-state index contributed by atoms with van der Waals surface area (Å²) in [6.45, 7) is 3.59. The Bertz CT molecular complexity index is 176. The molecule has 2 aliphatic rings. The van der Waals surface area contributed by atoms with Gasteiger partial charge in [-0.1, -0.05) is 39.0 Å². The van der Waals surface area contributed by atoms with E-state index in [0.717, 1.165) is 6.04 Å². The van der Waals surface area contributed by atoms with E-state index in [4.69, 9.17) is 0 Å². The van der Waals surface area contributed by atoms with Crippen LogP contribution in [-0.4, -0.2) is 12.6 Å². The van der Waals surface area contributed by atoms with Crippen LogP contribution in [0.2, 0.25) is 0 Å². The van der Waals surface area contributed by atoms with E-state index in [1.54, 1.807) is 0 Å². The van der Waals surface area contributed by atoms with Gasteiger partial charge < -0.3 is 5.32 Å². The van der Waals surface area contributed by atoms with Crippen LogP contribution in [-0.2, 0) is 0 Å². The lowest BCUT2D eigenvalue weighted by atomic mass is 9.63. The Morgan fingerprint density at radius 1 is 1.13 bits per heavy atom.